The highest BCUT2D eigenvalue weighted by Crippen LogP contribution is 2.15. The average molecular weight is 305 g/mol. The van der Waals surface area contributed by atoms with Gasteiger partial charge in [0.1, 0.15) is 0 Å². The number of nitrogens with one attached hydrogen (secondary N) is 1. The minimum atomic E-state index is -0.0897. The van der Waals surface area contributed by atoms with Gasteiger partial charge in [0.05, 0.1) is 18.7 Å². The zero-order valence-electron chi connectivity index (χ0n) is 12.0. The fourth-order valence-electron chi connectivity index (χ4n) is 1.76. The Morgan fingerprint density at radius 1 is 1.29 bits per heavy atom. The molecule has 21 heavy (non-hydrogen) atoms. The molecule has 2 rings (SSSR count). The van der Waals surface area contributed by atoms with Crippen LogP contribution in [0, 0.1) is 0 Å². The van der Waals surface area contributed by atoms with E-state index in [1.807, 2.05) is 37.2 Å². The van der Waals surface area contributed by atoms with E-state index in [2.05, 4.69) is 15.3 Å². The molecular weight excluding hydrogens is 288 g/mol. The summed E-state index contributed by atoms with van der Waals surface area (Å²) in [7, 11) is 3.74. The number of halogens is 1. The van der Waals surface area contributed by atoms with Crippen LogP contribution in [0.15, 0.2) is 36.5 Å². The smallest absolute Gasteiger partial charge is 0.225 e. The second-order valence-electron chi connectivity index (χ2n) is 4.79. The second kappa shape index (κ2) is 7.04. The third-order valence-electron chi connectivity index (χ3n) is 2.88. The van der Waals surface area contributed by atoms with Crippen molar-refractivity contribution < 1.29 is 4.79 Å². The lowest BCUT2D eigenvalue weighted by molar-refractivity contribution is -0.120. The highest BCUT2D eigenvalue weighted by molar-refractivity contribution is 6.31. The Kier molecular flexibility index (Phi) is 5.11. The molecule has 0 saturated heterocycles. The van der Waals surface area contributed by atoms with Gasteiger partial charge in [-0.05, 0) is 17.7 Å². The summed E-state index contributed by atoms with van der Waals surface area (Å²) in [6.07, 6.45) is 1.93. The SMILES string of the molecule is CN(C)c1nccc(CNC(=O)Cc2ccccc2Cl)n1. The molecular formula is C15H17ClN4O. The fourth-order valence-corrected chi connectivity index (χ4v) is 1.97. The Morgan fingerprint density at radius 2 is 2.05 bits per heavy atom. The summed E-state index contributed by atoms with van der Waals surface area (Å²) in [5, 5.41) is 3.44. The Hall–Kier alpha value is -2.14. The number of carbonyl (C=O) groups is 1. The first-order valence-corrected chi connectivity index (χ1v) is 6.93. The first-order valence-electron chi connectivity index (χ1n) is 6.55. The van der Waals surface area contributed by atoms with E-state index >= 15 is 0 Å². The molecule has 1 heterocycles. The molecule has 0 aliphatic rings. The molecule has 0 aliphatic carbocycles. The molecule has 0 spiro atoms. The summed E-state index contributed by atoms with van der Waals surface area (Å²) in [6, 6.07) is 9.10. The maximum Gasteiger partial charge on any atom is 0.225 e. The molecule has 0 atom stereocenters. The molecule has 0 radical (unpaired) electrons. The fraction of sp³-hybridized carbons (Fsp3) is 0.267. The van der Waals surface area contributed by atoms with Crippen LogP contribution in [0.2, 0.25) is 5.02 Å². The van der Waals surface area contributed by atoms with Crippen molar-refractivity contribution in [3.63, 3.8) is 0 Å². The molecule has 6 heteroatoms. The van der Waals surface area contributed by atoms with Gasteiger partial charge in [0.2, 0.25) is 11.9 Å². The number of nitrogens with zero attached hydrogens (tertiary/aromatic N) is 3. The zero-order valence-corrected chi connectivity index (χ0v) is 12.8. The third kappa shape index (κ3) is 4.43. The van der Waals surface area contributed by atoms with Crippen molar-refractivity contribution in [1.29, 1.82) is 0 Å². The first kappa shape index (κ1) is 15.3. The van der Waals surface area contributed by atoms with Crippen LogP contribution in [0.5, 0.6) is 0 Å². The van der Waals surface area contributed by atoms with Crippen LogP contribution < -0.4 is 10.2 Å². The monoisotopic (exact) mass is 304 g/mol. The number of hydrogen-bond donors (Lipinski definition) is 1. The highest BCUT2D eigenvalue weighted by atomic mass is 35.5. The largest absolute Gasteiger partial charge is 0.350 e. The normalized spacial score (nSPS) is 10.2. The van der Waals surface area contributed by atoms with Crippen LogP contribution in [0.1, 0.15) is 11.3 Å². The van der Waals surface area contributed by atoms with Gasteiger partial charge in [-0.15, -0.1) is 0 Å². The summed E-state index contributed by atoms with van der Waals surface area (Å²) in [4.78, 5) is 22.2. The van der Waals surface area contributed by atoms with Gasteiger partial charge >= 0.3 is 0 Å². The third-order valence-corrected chi connectivity index (χ3v) is 3.24. The van der Waals surface area contributed by atoms with Gasteiger partial charge in [-0.1, -0.05) is 29.8 Å². The maximum atomic E-state index is 11.9. The molecule has 0 aliphatic heterocycles. The van der Waals surface area contributed by atoms with Crippen molar-refractivity contribution in [2.75, 3.05) is 19.0 Å². The van der Waals surface area contributed by atoms with E-state index in [-0.39, 0.29) is 12.3 Å². The summed E-state index contributed by atoms with van der Waals surface area (Å²) < 4.78 is 0. The summed E-state index contributed by atoms with van der Waals surface area (Å²) >= 11 is 6.03. The Morgan fingerprint density at radius 3 is 2.76 bits per heavy atom. The molecule has 0 bridgehead atoms. The molecule has 2 aromatic rings. The summed E-state index contributed by atoms with van der Waals surface area (Å²) in [5.41, 5.74) is 1.58. The van der Waals surface area contributed by atoms with Crippen LogP contribution in [-0.4, -0.2) is 30.0 Å². The van der Waals surface area contributed by atoms with Crippen molar-refractivity contribution in [3.8, 4) is 0 Å². The van der Waals surface area contributed by atoms with Gasteiger partial charge in [0.25, 0.3) is 0 Å². The predicted molar refractivity (Wildman–Crippen MR) is 83.4 cm³/mol. The number of benzene rings is 1. The lowest BCUT2D eigenvalue weighted by atomic mass is 10.1. The van der Waals surface area contributed by atoms with Crippen LogP contribution >= 0.6 is 11.6 Å². The molecule has 0 saturated carbocycles. The number of anilines is 1. The van der Waals surface area contributed by atoms with E-state index in [1.54, 1.807) is 18.3 Å². The van der Waals surface area contributed by atoms with Crippen molar-refractivity contribution in [2.45, 2.75) is 13.0 Å². The Balaban J connectivity index is 1.92. The lowest BCUT2D eigenvalue weighted by Gasteiger charge is -2.11. The van der Waals surface area contributed by atoms with Gasteiger partial charge < -0.3 is 10.2 Å². The van der Waals surface area contributed by atoms with E-state index in [0.29, 0.717) is 17.5 Å². The van der Waals surface area contributed by atoms with E-state index in [0.717, 1.165) is 11.3 Å². The van der Waals surface area contributed by atoms with Gasteiger partial charge in [0, 0.05) is 25.3 Å². The molecule has 0 fully saturated rings. The van der Waals surface area contributed by atoms with Gasteiger partial charge in [-0.3, -0.25) is 4.79 Å². The van der Waals surface area contributed by atoms with E-state index in [4.69, 9.17) is 11.6 Å². The summed E-state index contributed by atoms with van der Waals surface area (Å²) in [6.45, 7) is 0.368. The Labute approximate surface area is 129 Å². The van der Waals surface area contributed by atoms with Crippen molar-refractivity contribution in [3.05, 3.63) is 52.8 Å². The number of amides is 1. The summed E-state index contributed by atoms with van der Waals surface area (Å²) in [5.74, 6) is 0.529. The van der Waals surface area contributed by atoms with E-state index in [1.165, 1.54) is 0 Å². The molecule has 0 unspecified atom stereocenters. The number of carbonyl (C=O) groups excluding carboxylic acids is 1. The van der Waals surface area contributed by atoms with Gasteiger partial charge in [-0.25, -0.2) is 9.97 Å². The van der Waals surface area contributed by atoms with Gasteiger partial charge in [0.15, 0.2) is 0 Å². The van der Waals surface area contributed by atoms with Crippen LogP contribution in [-0.2, 0) is 17.8 Å². The predicted octanol–water partition coefficient (Wildman–Crippen LogP) is 2.05. The van der Waals surface area contributed by atoms with Gasteiger partial charge in [-0.2, -0.15) is 0 Å². The van der Waals surface area contributed by atoms with Crippen LogP contribution in [0.3, 0.4) is 0 Å². The Bertz CT molecular complexity index is 631. The molecule has 110 valence electrons. The van der Waals surface area contributed by atoms with E-state index in [9.17, 15) is 4.79 Å². The van der Waals surface area contributed by atoms with E-state index < -0.39 is 0 Å². The first-order chi connectivity index (χ1) is 10.1. The zero-order chi connectivity index (χ0) is 15.2. The van der Waals surface area contributed by atoms with Crippen LogP contribution in [0.4, 0.5) is 5.95 Å². The topological polar surface area (TPSA) is 58.1 Å². The minimum Gasteiger partial charge on any atom is -0.350 e. The highest BCUT2D eigenvalue weighted by Gasteiger charge is 2.07. The molecule has 1 aromatic heterocycles. The molecule has 1 aromatic carbocycles. The van der Waals surface area contributed by atoms with Crippen molar-refractivity contribution in [1.82, 2.24) is 15.3 Å². The maximum absolute atomic E-state index is 11.9. The standard InChI is InChI=1S/C15H17ClN4O/c1-20(2)15-17-8-7-12(19-15)10-18-14(21)9-11-5-3-4-6-13(11)16/h3-8H,9-10H2,1-2H3,(H,18,21). The molecule has 5 nitrogen and oxygen atoms in total. The second-order valence-corrected chi connectivity index (χ2v) is 5.19. The lowest BCUT2D eigenvalue weighted by Crippen LogP contribution is -2.25. The number of rotatable bonds is 5. The average Bonchev–Trinajstić information content (AvgIpc) is 2.48. The minimum absolute atomic E-state index is 0.0897. The number of aromatic nitrogens is 2. The molecule has 1 amide bonds. The number of hydrogen-bond acceptors (Lipinski definition) is 4. The van der Waals surface area contributed by atoms with Crippen molar-refractivity contribution in [2.24, 2.45) is 0 Å². The van der Waals surface area contributed by atoms with Crippen LogP contribution in [0.25, 0.3) is 0 Å². The quantitative estimate of drug-likeness (QED) is 0.918. The molecule has 1 N–H and O–H groups in total. The van der Waals surface area contributed by atoms with Crippen molar-refractivity contribution >= 4 is 23.5 Å².